The maximum atomic E-state index is 4.87. The number of hydrogen-bond acceptors (Lipinski definition) is 6. The van der Waals surface area contributed by atoms with Crippen LogP contribution in [0.15, 0.2) is 22.0 Å². The van der Waals surface area contributed by atoms with Crippen LogP contribution in [0.25, 0.3) is 10.7 Å². The lowest BCUT2D eigenvalue weighted by Gasteiger charge is -1.86. The highest BCUT2D eigenvalue weighted by Gasteiger charge is 2.08. The van der Waals surface area contributed by atoms with Crippen LogP contribution in [0, 0.1) is 0 Å². The molecule has 0 aliphatic rings. The molecule has 5 nitrogen and oxygen atoms in total. The van der Waals surface area contributed by atoms with E-state index < -0.39 is 0 Å². The van der Waals surface area contributed by atoms with Gasteiger partial charge >= 0.3 is 0 Å². The van der Waals surface area contributed by atoms with Crippen LogP contribution in [0.4, 0.5) is 0 Å². The molecule has 0 aliphatic heterocycles. The predicted octanol–water partition coefficient (Wildman–Crippen LogP) is 1.19. The summed E-state index contributed by atoms with van der Waals surface area (Å²) in [6.07, 6.45) is 0. The van der Waals surface area contributed by atoms with E-state index in [-0.39, 0.29) is 6.61 Å². The fourth-order valence-electron chi connectivity index (χ4n) is 0.891. The Morgan fingerprint density at radius 1 is 1.62 bits per heavy atom. The topological polar surface area (TPSA) is 74.2 Å². The molecule has 0 atom stereocenters. The molecular weight excluding hydrogens is 190 g/mol. The molecule has 2 N–H and O–H groups in total. The lowest BCUT2D eigenvalue weighted by molar-refractivity contribution is 0.0996. The van der Waals surface area contributed by atoms with Crippen LogP contribution in [-0.2, 0) is 11.4 Å². The average Bonchev–Trinajstić information content (AvgIpc) is 2.70. The SMILES string of the molecule is NOCc1nc(-c2cccs2)no1. The molecule has 0 amide bonds. The number of nitrogens with two attached hydrogens (primary N) is 1. The summed E-state index contributed by atoms with van der Waals surface area (Å²) in [6, 6.07) is 3.85. The van der Waals surface area contributed by atoms with Crippen molar-refractivity contribution in [3.8, 4) is 10.7 Å². The van der Waals surface area contributed by atoms with E-state index >= 15 is 0 Å². The van der Waals surface area contributed by atoms with Gasteiger partial charge in [0.05, 0.1) is 4.88 Å². The molecule has 6 heteroatoms. The molecule has 2 heterocycles. The first-order valence-corrected chi connectivity index (χ1v) is 4.46. The molecule has 0 saturated carbocycles. The minimum Gasteiger partial charge on any atom is -0.336 e. The zero-order valence-electron chi connectivity index (χ0n) is 6.64. The summed E-state index contributed by atoms with van der Waals surface area (Å²) in [5.74, 6) is 5.82. The van der Waals surface area contributed by atoms with Crippen LogP contribution in [0.2, 0.25) is 0 Å². The van der Waals surface area contributed by atoms with Gasteiger partial charge in [-0.15, -0.1) is 11.3 Å². The molecule has 68 valence electrons. The number of hydrogen-bond donors (Lipinski definition) is 1. The summed E-state index contributed by atoms with van der Waals surface area (Å²) in [5.41, 5.74) is 0. The summed E-state index contributed by atoms with van der Waals surface area (Å²) in [6.45, 7) is 0.137. The molecule has 0 radical (unpaired) electrons. The van der Waals surface area contributed by atoms with Gasteiger partial charge < -0.3 is 4.52 Å². The molecule has 0 aliphatic carbocycles. The van der Waals surface area contributed by atoms with Crippen molar-refractivity contribution in [1.29, 1.82) is 0 Å². The van der Waals surface area contributed by atoms with Gasteiger partial charge in [0.25, 0.3) is 5.89 Å². The van der Waals surface area contributed by atoms with Crippen molar-refractivity contribution in [2.75, 3.05) is 0 Å². The van der Waals surface area contributed by atoms with Crippen LogP contribution in [0.1, 0.15) is 5.89 Å². The van der Waals surface area contributed by atoms with Crippen LogP contribution >= 0.6 is 11.3 Å². The van der Waals surface area contributed by atoms with Gasteiger partial charge in [0.15, 0.2) is 0 Å². The number of aromatic nitrogens is 2. The highest BCUT2D eigenvalue weighted by atomic mass is 32.1. The zero-order valence-corrected chi connectivity index (χ0v) is 7.45. The number of nitrogens with zero attached hydrogens (tertiary/aromatic N) is 2. The molecule has 0 unspecified atom stereocenters. The van der Waals surface area contributed by atoms with Gasteiger partial charge in [-0.3, -0.25) is 4.84 Å². The van der Waals surface area contributed by atoms with Crippen LogP contribution in [0.3, 0.4) is 0 Å². The standard InChI is InChI=1S/C7H7N3O2S/c8-11-4-6-9-7(10-12-6)5-2-1-3-13-5/h1-3H,4,8H2. The molecule has 2 aromatic rings. The molecule has 0 aromatic carbocycles. The van der Waals surface area contributed by atoms with Crippen molar-refractivity contribution >= 4 is 11.3 Å². The second-order valence-corrected chi connectivity index (χ2v) is 3.25. The third kappa shape index (κ3) is 1.74. The highest BCUT2D eigenvalue weighted by molar-refractivity contribution is 7.13. The minimum absolute atomic E-state index is 0.137. The number of rotatable bonds is 3. The minimum atomic E-state index is 0.137. The van der Waals surface area contributed by atoms with Crippen molar-refractivity contribution < 1.29 is 9.36 Å². The Kier molecular flexibility index (Phi) is 2.35. The zero-order chi connectivity index (χ0) is 9.10. The van der Waals surface area contributed by atoms with E-state index in [4.69, 9.17) is 10.4 Å². The molecule has 13 heavy (non-hydrogen) atoms. The molecule has 0 saturated heterocycles. The summed E-state index contributed by atoms with van der Waals surface area (Å²) in [7, 11) is 0. The fourth-order valence-corrected chi connectivity index (χ4v) is 1.54. The van der Waals surface area contributed by atoms with Crippen LogP contribution < -0.4 is 5.90 Å². The Morgan fingerprint density at radius 3 is 3.23 bits per heavy atom. The lowest BCUT2D eigenvalue weighted by Crippen LogP contribution is -1.98. The van der Waals surface area contributed by atoms with Gasteiger partial charge in [-0.2, -0.15) is 4.98 Å². The van der Waals surface area contributed by atoms with Gasteiger partial charge in [0, 0.05) is 0 Å². The second kappa shape index (κ2) is 3.65. The normalized spacial score (nSPS) is 10.5. The van der Waals surface area contributed by atoms with E-state index in [0.717, 1.165) is 4.88 Å². The van der Waals surface area contributed by atoms with E-state index in [1.807, 2.05) is 17.5 Å². The quantitative estimate of drug-likeness (QED) is 0.748. The smallest absolute Gasteiger partial charge is 0.255 e. The monoisotopic (exact) mass is 197 g/mol. The second-order valence-electron chi connectivity index (χ2n) is 2.30. The van der Waals surface area contributed by atoms with Gasteiger partial charge in [-0.1, -0.05) is 11.2 Å². The molecule has 0 bridgehead atoms. The Bertz CT molecular complexity index is 371. The maximum Gasteiger partial charge on any atom is 0.255 e. The van der Waals surface area contributed by atoms with Crippen molar-refractivity contribution in [3.63, 3.8) is 0 Å². The maximum absolute atomic E-state index is 4.87. The van der Waals surface area contributed by atoms with Crippen molar-refractivity contribution in [1.82, 2.24) is 10.1 Å². The Hall–Kier alpha value is -1.24. The molecule has 2 rings (SSSR count). The molecular formula is C7H7N3O2S. The Labute approximate surface area is 78.1 Å². The summed E-state index contributed by atoms with van der Waals surface area (Å²) in [5, 5.41) is 5.72. The molecule has 0 fully saturated rings. The first kappa shape index (κ1) is 8.36. The van der Waals surface area contributed by atoms with Crippen molar-refractivity contribution in [3.05, 3.63) is 23.4 Å². The van der Waals surface area contributed by atoms with E-state index in [1.165, 1.54) is 0 Å². The lowest BCUT2D eigenvalue weighted by atomic mass is 10.4. The van der Waals surface area contributed by atoms with Gasteiger partial charge in [0.2, 0.25) is 5.82 Å². The van der Waals surface area contributed by atoms with Crippen LogP contribution in [0.5, 0.6) is 0 Å². The molecule has 0 spiro atoms. The highest BCUT2D eigenvalue weighted by Crippen LogP contribution is 2.21. The van der Waals surface area contributed by atoms with E-state index in [2.05, 4.69) is 15.0 Å². The van der Waals surface area contributed by atoms with E-state index in [9.17, 15) is 0 Å². The van der Waals surface area contributed by atoms with Crippen LogP contribution in [-0.4, -0.2) is 10.1 Å². The Morgan fingerprint density at radius 2 is 2.54 bits per heavy atom. The largest absolute Gasteiger partial charge is 0.336 e. The van der Waals surface area contributed by atoms with Gasteiger partial charge in [0.1, 0.15) is 6.61 Å². The van der Waals surface area contributed by atoms with Gasteiger partial charge in [-0.05, 0) is 11.4 Å². The first-order chi connectivity index (χ1) is 6.40. The predicted molar refractivity (Wildman–Crippen MR) is 46.6 cm³/mol. The summed E-state index contributed by atoms with van der Waals surface area (Å²) < 4.78 is 4.87. The van der Waals surface area contributed by atoms with Gasteiger partial charge in [-0.25, -0.2) is 5.90 Å². The third-order valence-electron chi connectivity index (χ3n) is 1.42. The average molecular weight is 197 g/mol. The van der Waals surface area contributed by atoms with E-state index in [0.29, 0.717) is 11.7 Å². The molecule has 2 aromatic heterocycles. The summed E-state index contributed by atoms with van der Waals surface area (Å²) in [4.78, 5) is 9.40. The third-order valence-corrected chi connectivity index (χ3v) is 2.28. The number of thiophene rings is 1. The first-order valence-electron chi connectivity index (χ1n) is 3.58. The Balaban J connectivity index is 2.23. The van der Waals surface area contributed by atoms with Crippen molar-refractivity contribution in [2.45, 2.75) is 6.61 Å². The fraction of sp³-hybridized carbons (Fsp3) is 0.143. The summed E-state index contributed by atoms with van der Waals surface area (Å²) >= 11 is 1.55. The van der Waals surface area contributed by atoms with Crippen molar-refractivity contribution in [2.24, 2.45) is 5.90 Å². The van der Waals surface area contributed by atoms with E-state index in [1.54, 1.807) is 11.3 Å².